The van der Waals surface area contributed by atoms with Gasteiger partial charge in [-0.05, 0) is 44.9 Å². The van der Waals surface area contributed by atoms with E-state index >= 15 is 0 Å². The van der Waals surface area contributed by atoms with Crippen molar-refractivity contribution in [3.8, 4) is 0 Å². The van der Waals surface area contributed by atoms with Gasteiger partial charge in [0.25, 0.3) is 0 Å². The van der Waals surface area contributed by atoms with Crippen molar-refractivity contribution in [1.29, 1.82) is 0 Å². The van der Waals surface area contributed by atoms with Gasteiger partial charge in [0.15, 0.2) is 0 Å². The van der Waals surface area contributed by atoms with Crippen molar-refractivity contribution in [2.75, 3.05) is 7.05 Å². The fraction of sp³-hybridized carbons (Fsp3) is 0.714. The molecule has 1 atom stereocenters. The summed E-state index contributed by atoms with van der Waals surface area (Å²) in [5.41, 5.74) is 1.19. The Morgan fingerprint density at radius 1 is 1.35 bits per heavy atom. The maximum atomic E-state index is 5.77. The van der Waals surface area contributed by atoms with Crippen molar-refractivity contribution >= 4 is 0 Å². The second-order valence-electron chi connectivity index (χ2n) is 5.10. The van der Waals surface area contributed by atoms with Gasteiger partial charge >= 0.3 is 0 Å². The lowest BCUT2D eigenvalue weighted by atomic mass is 10.1. The third kappa shape index (κ3) is 4.92. The molecule has 0 bridgehead atoms. The van der Waals surface area contributed by atoms with Crippen molar-refractivity contribution in [1.82, 2.24) is 5.32 Å². The second-order valence-corrected chi connectivity index (χ2v) is 5.10. The summed E-state index contributed by atoms with van der Waals surface area (Å²) < 4.78 is 11.5. The van der Waals surface area contributed by atoms with Gasteiger partial charge < -0.3 is 14.5 Å². The van der Waals surface area contributed by atoms with Crippen LogP contribution in [0.15, 0.2) is 10.5 Å². The highest BCUT2D eigenvalue weighted by Gasteiger charge is 2.10. The molecular weight excluding hydrogens is 214 g/mol. The SMILES string of the molecule is CNCc1oc(COC(C)CC(C)C)cc1C. The van der Waals surface area contributed by atoms with Gasteiger partial charge in [-0.3, -0.25) is 0 Å². The average Bonchev–Trinajstić information content (AvgIpc) is 2.57. The molecule has 0 aromatic carbocycles. The Balaban J connectivity index is 2.43. The van der Waals surface area contributed by atoms with Crippen LogP contribution in [-0.4, -0.2) is 13.2 Å². The van der Waals surface area contributed by atoms with Crippen molar-refractivity contribution in [3.05, 3.63) is 23.2 Å². The minimum Gasteiger partial charge on any atom is -0.462 e. The second kappa shape index (κ2) is 6.82. The Kier molecular flexibility index (Phi) is 5.72. The van der Waals surface area contributed by atoms with E-state index in [0.29, 0.717) is 12.5 Å². The fourth-order valence-electron chi connectivity index (χ4n) is 1.95. The molecule has 0 saturated carbocycles. The average molecular weight is 239 g/mol. The van der Waals surface area contributed by atoms with E-state index in [0.717, 1.165) is 24.5 Å². The van der Waals surface area contributed by atoms with Gasteiger partial charge in [0.1, 0.15) is 18.1 Å². The standard InChI is InChI=1S/C14H25NO2/c1-10(2)6-12(4)16-9-13-7-11(3)14(17-13)8-15-5/h7,10,12,15H,6,8-9H2,1-5H3. The molecule has 1 rings (SSSR count). The summed E-state index contributed by atoms with van der Waals surface area (Å²) >= 11 is 0. The molecule has 0 aliphatic carbocycles. The molecule has 1 aromatic rings. The largest absolute Gasteiger partial charge is 0.462 e. The van der Waals surface area contributed by atoms with Gasteiger partial charge in [-0.1, -0.05) is 13.8 Å². The summed E-state index contributed by atoms with van der Waals surface area (Å²) in [6.07, 6.45) is 1.37. The van der Waals surface area contributed by atoms with E-state index in [9.17, 15) is 0 Å². The highest BCUT2D eigenvalue weighted by molar-refractivity contribution is 5.19. The zero-order valence-electron chi connectivity index (χ0n) is 11.7. The maximum absolute atomic E-state index is 5.77. The van der Waals surface area contributed by atoms with Gasteiger partial charge in [-0.2, -0.15) is 0 Å². The van der Waals surface area contributed by atoms with Crippen LogP contribution in [0.2, 0.25) is 0 Å². The molecule has 98 valence electrons. The Hall–Kier alpha value is -0.800. The van der Waals surface area contributed by atoms with Crippen LogP contribution < -0.4 is 5.32 Å². The van der Waals surface area contributed by atoms with Crippen LogP contribution in [0.25, 0.3) is 0 Å². The number of ether oxygens (including phenoxy) is 1. The molecule has 0 aliphatic heterocycles. The smallest absolute Gasteiger partial charge is 0.130 e. The molecule has 17 heavy (non-hydrogen) atoms. The predicted octanol–water partition coefficient (Wildman–Crippen LogP) is 3.26. The Bertz CT molecular complexity index is 331. The number of nitrogens with one attached hydrogen (secondary N) is 1. The lowest BCUT2D eigenvalue weighted by Gasteiger charge is -2.13. The van der Waals surface area contributed by atoms with Crippen LogP contribution in [0.5, 0.6) is 0 Å². The molecule has 1 unspecified atom stereocenters. The van der Waals surface area contributed by atoms with E-state index in [2.05, 4.69) is 39.1 Å². The summed E-state index contributed by atoms with van der Waals surface area (Å²) in [5.74, 6) is 2.59. The monoisotopic (exact) mass is 239 g/mol. The molecule has 0 fully saturated rings. The van der Waals surface area contributed by atoms with E-state index in [4.69, 9.17) is 9.15 Å². The van der Waals surface area contributed by atoms with Gasteiger partial charge in [-0.15, -0.1) is 0 Å². The third-order valence-electron chi connectivity index (χ3n) is 2.72. The van der Waals surface area contributed by atoms with E-state index in [1.807, 2.05) is 7.05 Å². The van der Waals surface area contributed by atoms with Gasteiger partial charge in [0, 0.05) is 0 Å². The first-order valence-electron chi connectivity index (χ1n) is 6.37. The highest BCUT2D eigenvalue weighted by Crippen LogP contribution is 2.17. The van der Waals surface area contributed by atoms with Gasteiger partial charge in [0.2, 0.25) is 0 Å². The van der Waals surface area contributed by atoms with Crippen LogP contribution in [0.3, 0.4) is 0 Å². The molecule has 1 N–H and O–H groups in total. The van der Waals surface area contributed by atoms with Crippen molar-refractivity contribution in [3.63, 3.8) is 0 Å². The molecule has 1 heterocycles. The molecule has 3 heteroatoms. The highest BCUT2D eigenvalue weighted by atomic mass is 16.5. The minimum atomic E-state index is 0.285. The number of hydrogen-bond acceptors (Lipinski definition) is 3. The van der Waals surface area contributed by atoms with Crippen molar-refractivity contribution in [2.24, 2.45) is 5.92 Å². The molecule has 0 amide bonds. The Morgan fingerprint density at radius 2 is 2.06 bits per heavy atom. The minimum absolute atomic E-state index is 0.285. The number of hydrogen-bond donors (Lipinski definition) is 1. The Labute approximate surface area is 105 Å². The summed E-state index contributed by atoms with van der Waals surface area (Å²) in [4.78, 5) is 0. The molecule has 3 nitrogen and oxygen atoms in total. The first kappa shape index (κ1) is 14.3. The predicted molar refractivity (Wildman–Crippen MR) is 69.9 cm³/mol. The van der Waals surface area contributed by atoms with Crippen LogP contribution >= 0.6 is 0 Å². The van der Waals surface area contributed by atoms with Crippen LogP contribution in [0.4, 0.5) is 0 Å². The molecule has 0 saturated heterocycles. The summed E-state index contributed by atoms with van der Waals surface area (Å²) in [7, 11) is 1.92. The van der Waals surface area contributed by atoms with Crippen LogP contribution in [0.1, 0.15) is 44.3 Å². The lowest BCUT2D eigenvalue weighted by Crippen LogP contribution is -2.10. The van der Waals surface area contributed by atoms with Gasteiger partial charge in [-0.25, -0.2) is 0 Å². The quantitative estimate of drug-likeness (QED) is 0.793. The van der Waals surface area contributed by atoms with Gasteiger partial charge in [0.05, 0.1) is 12.6 Å². The topological polar surface area (TPSA) is 34.4 Å². The van der Waals surface area contributed by atoms with Crippen molar-refractivity contribution < 1.29 is 9.15 Å². The number of furan rings is 1. The number of aryl methyl sites for hydroxylation is 1. The maximum Gasteiger partial charge on any atom is 0.130 e. The zero-order chi connectivity index (χ0) is 12.8. The number of rotatable bonds is 7. The van der Waals surface area contributed by atoms with Crippen LogP contribution in [-0.2, 0) is 17.9 Å². The molecular formula is C14H25NO2. The zero-order valence-corrected chi connectivity index (χ0v) is 11.7. The summed E-state index contributed by atoms with van der Waals surface area (Å²) in [6, 6.07) is 2.06. The molecule has 1 aromatic heterocycles. The van der Waals surface area contributed by atoms with Crippen molar-refractivity contribution in [2.45, 2.75) is 53.4 Å². The van der Waals surface area contributed by atoms with E-state index in [1.54, 1.807) is 0 Å². The summed E-state index contributed by atoms with van der Waals surface area (Å²) in [5, 5.41) is 3.09. The van der Waals surface area contributed by atoms with Crippen LogP contribution in [0, 0.1) is 12.8 Å². The van der Waals surface area contributed by atoms with E-state index in [-0.39, 0.29) is 6.10 Å². The third-order valence-corrected chi connectivity index (χ3v) is 2.72. The van der Waals surface area contributed by atoms with E-state index < -0.39 is 0 Å². The first-order chi connectivity index (χ1) is 8.02. The molecule has 0 radical (unpaired) electrons. The van der Waals surface area contributed by atoms with E-state index in [1.165, 1.54) is 5.56 Å². The Morgan fingerprint density at radius 3 is 2.65 bits per heavy atom. The first-order valence-corrected chi connectivity index (χ1v) is 6.37. The lowest BCUT2D eigenvalue weighted by molar-refractivity contribution is 0.0298. The normalized spacial score (nSPS) is 13.3. The fourth-order valence-corrected chi connectivity index (χ4v) is 1.95. The molecule has 0 spiro atoms. The molecule has 0 aliphatic rings. The summed E-state index contributed by atoms with van der Waals surface area (Å²) in [6.45, 7) is 9.94.